The van der Waals surface area contributed by atoms with Gasteiger partial charge in [-0.1, -0.05) is 35.1 Å². The molecule has 4 aromatic rings. The van der Waals surface area contributed by atoms with Crippen LogP contribution in [0.1, 0.15) is 18.1 Å². The lowest BCUT2D eigenvalue weighted by Crippen LogP contribution is -2.00. The Bertz CT molecular complexity index is 996. The first kappa shape index (κ1) is 16.8. The number of thiophene rings is 1. The van der Waals surface area contributed by atoms with Gasteiger partial charge in [-0.3, -0.25) is 4.57 Å². The fourth-order valence-electron chi connectivity index (χ4n) is 2.41. The van der Waals surface area contributed by atoms with Crippen LogP contribution in [0.4, 0.5) is 0 Å². The van der Waals surface area contributed by atoms with Crippen molar-refractivity contribution in [2.45, 2.75) is 17.3 Å². The lowest BCUT2D eigenvalue weighted by atomic mass is 10.3. The van der Waals surface area contributed by atoms with Crippen molar-refractivity contribution in [1.29, 1.82) is 0 Å². The van der Waals surface area contributed by atoms with Crippen LogP contribution in [-0.4, -0.2) is 32.0 Å². The number of rotatable bonds is 6. The summed E-state index contributed by atoms with van der Waals surface area (Å²) in [5, 5.41) is 15.0. The molecule has 132 valence electrons. The summed E-state index contributed by atoms with van der Waals surface area (Å²) in [6, 6.07) is 11.7. The molecule has 7 nitrogen and oxygen atoms in total. The van der Waals surface area contributed by atoms with Gasteiger partial charge in [0.2, 0.25) is 11.7 Å². The molecular formula is C17H15N5O2S2. The lowest BCUT2D eigenvalue weighted by Gasteiger charge is -2.11. The standard InChI is InChI=1S/C17H15N5O2S2/c1-11(16-19-15(21-24-16)14-8-5-9-25-14)26-17-20-18-10-22(17)12-6-3-4-7-13(12)23-2/h3-11H,1-2H3. The van der Waals surface area contributed by atoms with Gasteiger partial charge in [0, 0.05) is 0 Å². The summed E-state index contributed by atoms with van der Waals surface area (Å²) < 4.78 is 12.8. The van der Waals surface area contributed by atoms with Crippen molar-refractivity contribution in [3.63, 3.8) is 0 Å². The van der Waals surface area contributed by atoms with E-state index in [4.69, 9.17) is 9.26 Å². The summed E-state index contributed by atoms with van der Waals surface area (Å²) in [4.78, 5) is 5.48. The molecule has 0 aliphatic heterocycles. The zero-order chi connectivity index (χ0) is 17.9. The van der Waals surface area contributed by atoms with Crippen LogP contribution in [-0.2, 0) is 0 Å². The van der Waals surface area contributed by atoms with Crippen LogP contribution >= 0.6 is 23.1 Å². The molecule has 0 N–H and O–H groups in total. The third-order valence-electron chi connectivity index (χ3n) is 3.67. The number of hydrogen-bond acceptors (Lipinski definition) is 8. The molecule has 0 saturated carbocycles. The molecule has 0 amide bonds. The first-order valence-corrected chi connectivity index (χ1v) is 9.59. The van der Waals surface area contributed by atoms with Gasteiger partial charge in [-0.15, -0.1) is 21.5 Å². The molecule has 26 heavy (non-hydrogen) atoms. The van der Waals surface area contributed by atoms with Crippen LogP contribution < -0.4 is 4.74 Å². The Morgan fingerprint density at radius 3 is 2.92 bits per heavy atom. The Morgan fingerprint density at radius 2 is 2.12 bits per heavy atom. The molecule has 0 fully saturated rings. The molecular weight excluding hydrogens is 370 g/mol. The number of aromatic nitrogens is 5. The van der Waals surface area contributed by atoms with Crippen LogP contribution in [0, 0.1) is 0 Å². The Morgan fingerprint density at radius 1 is 1.23 bits per heavy atom. The van der Waals surface area contributed by atoms with E-state index >= 15 is 0 Å². The van der Waals surface area contributed by atoms with Crippen molar-refractivity contribution in [2.75, 3.05) is 7.11 Å². The van der Waals surface area contributed by atoms with Gasteiger partial charge in [0.15, 0.2) is 5.16 Å². The molecule has 1 unspecified atom stereocenters. The van der Waals surface area contributed by atoms with E-state index in [1.165, 1.54) is 11.8 Å². The van der Waals surface area contributed by atoms with Crippen molar-refractivity contribution < 1.29 is 9.26 Å². The van der Waals surface area contributed by atoms with Gasteiger partial charge >= 0.3 is 0 Å². The van der Waals surface area contributed by atoms with E-state index in [0.29, 0.717) is 11.7 Å². The molecule has 0 aliphatic rings. The van der Waals surface area contributed by atoms with Crippen LogP contribution in [0.15, 0.2) is 57.8 Å². The van der Waals surface area contributed by atoms with Crippen molar-refractivity contribution in [1.82, 2.24) is 24.9 Å². The number of ether oxygens (including phenoxy) is 1. The Labute approximate surface area is 158 Å². The highest BCUT2D eigenvalue weighted by Crippen LogP contribution is 2.36. The normalized spacial score (nSPS) is 12.2. The first-order chi connectivity index (χ1) is 12.8. The van der Waals surface area contributed by atoms with Gasteiger partial charge in [0.25, 0.3) is 0 Å². The lowest BCUT2D eigenvalue weighted by molar-refractivity contribution is 0.380. The van der Waals surface area contributed by atoms with Crippen LogP contribution in [0.25, 0.3) is 16.4 Å². The maximum Gasteiger partial charge on any atom is 0.240 e. The predicted octanol–water partition coefficient (Wildman–Crippen LogP) is 4.24. The average molecular weight is 385 g/mol. The maximum absolute atomic E-state index is 5.43. The summed E-state index contributed by atoms with van der Waals surface area (Å²) >= 11 is 3.07. The third kappa shape index (κ3) is 3.23. The minimum atomic E-state index is -0.0751. The fraction of sp³-hybridized carbons (Fsp3) is 0.176. The summed E-state index contributed by atoms with van der Waals surface area (Å²) in [7, 11) is 1.64. The van der Waals surface area contributed by atoms with E-state index in [0.717, 1.165) is 21.5 Å². The smallest absolute Gasteiger partial charge is 0.240 e. The topological polar surface area (TPSA) is 78.9 Å². The number of nitrogens with zero attached hydrogens (tertiary/aromatic N) is 5. The minimum Gasteiger partial charge on any atom is -0.495 e. The van der Waals surface area contributed by atoms with Crippen molar-refractivity contribution in [3.05, 3.63) is 54.0 Å². The molecule has 0 radical (unpaired) electrons. The molecule has 3 aromatic heterocycles. The zero-order valence-corrected chi connectivity index (χ0v) is 15.7. The second kappa shape index (κ2) is 7.30. The van der Waals surface area contributed by atoms with Gasteiger partial charge in [0.05, 0.1) is 22.9 Å². The number of methoxy groups -OCH3 is 1. The molecule has 0 spiro atoms. The molecule has 0 aliphatic carbocycles. The summed E-state index contributed by atoms with van der Waals surface area (Å²) in [6.07, 6.45) is 1.66. The van der Waals surface area contributed by atoms with E-state index in [1.54, 1.807) is 24.8 Å². The first-order valence-electron chi connectivity index (χ1n) is 7.84. The van der Waals surface area contributed by atoms with E-state index in [2.05, 4.69) is 20.3 Å². The van der Waals surface area contributed by atoms with Crippen molar-refractivity contribution in [2.24, 2.45) is 0 Å². The summed E-state index contributed by atoms with van der Waals surface area (Å²) in [5.41, 5.74) is 0.875. The largest absolute Gasteiger partial charge is 0.495 e. The highest BCUT2D eigenvalue weighted by Gasteiger charge is 2.20. The minimum absolute atomic E-state index is 0.0751. The highest BCUT2D eigenvalue weighted by molar-refractivity contribution is 7.99. The van der Waals surface area contributed by atoms with Gasteiger partial charge < -0.3 is 9.26 Å². The van der Waals surface area contributed by atoms with Crippen LogP contribution in [0.3, 0.4) is 0 Å². The Kier molecular flexibility index (Phi) is 4.72. The third-order valence-corrected chi connectivity index (χ3v) is 5.58. The second-order valence-corrected chi connectivity index (χ2v) is 7.60. The molecule has 0 bridgehead atoms. The van der Waals surface area contributed by atoms with E-state index in [-0.39, 0.29) is 5.25 Å². The van der Waals surface area contributed by atoms with Gasteiger partial charge in [-0.25, -0.2) is 0 Å². The van der Waals surface area contributed by atoms with Gasteiger partial charge in [-0.05, 0) is 30.5 Å². The molecule has 9 heteroatoms. The predicted molar refractivity (Wildman–Crippen MR) is 99.8 cm³/mol. The van der Waals surface area contributed by atoms with Crippen LogP contribution in [0.2, 0.25) is 0 Å². The molecule has 3 heterocycles. The van der Waals surface area contributed by atoms with E-state index < -0.39 is 0 Å². The molecule has 1 atom stereocenters. The average Bonchev–Trinajstić information content (AvgIpc) is 3.41. The highest BCUT2D eigenvalue weighted by atomic mass is 32.2. The number of benzene rings is 1. The van der Waals surface area contributed by atoms with Crippen molar-refractivity contribution >= 4 is 23.1 Å². The SMILES string of the molecule is COc1ccccc1-n1cnnc1SC(C)c1nc(-c2cccs2)no1. The van der Waals surface area contributed by atoms with E-state index in [9.17, 15) is 0 Å². The van der Waals surface area contributed by atoms with Crippen molar-refractivity contribution in [3.8, 4) is 22.1 Å². The van der Waals surface area contributed by atoms with E-state index in [1.807, 2.05) is 53.3 Å². The fourth-order valence-corrected chi connectivity index (χ4v) is 3.93. The molecule has 4 rings (SSSR count). The quantitative estimate of drug-likeness (QED) is 0.459. The monoisotopic (exact) mass is 385 g/mol. The van der Waals surface area contributed by atoms with Gasteiger partial charge in [0.1, 0.15) is 12.1 Å². The number of para-hydroxylation sites is 2. The van der Waals surface area contributed by atoms with Crippen LogP contribution in [0.5, 0.6) is 5.75 Å². The van der Waals surface area contributed by atoms with Gasteiger partial charge in [-0.2, -0.15) is 4.98 Å². The maximum atomic E-state index is 5.43. The number of thioether (sulfide) groups is 1. The Hall–Kier alpha value is -2.65. The Balaban J connectivity index is 1.58. The summed E-state index contributed by atoms with van der Waals surface area (Å²) in [6.45, 7) is 2.00. The number of hydrogen-bond donors (Lipinski definition) is 0. The zero-order valence-electron chi connectivity index (χ0n) is 14.1. The molecule has 0 saturated heterocycles. The molecule has 1 aromatic carbocycles. The second-order valence-electron chi connectivity index (χ2n) is 5.35. The summed E-state index contributed by atoms with van der Waals surface area (Å²) in [5.74, 6) is 1.90.